The second-order valence-corrected chi connectivity index (χ2v) is 7.05. The number of nitrogens with one attached hydrogen (secondary N) is 1. The lowest BCUT2D eigenvalue weighted by molar-refractivity contribution is -0.117. The predicted octanol–water partition coefficient (Wildman–Crippen LogP) is 3.22. The smallest absolute Gasteiger partial charge is 0.275 e. The summed E-state index contributed by atoms with van der Waals surface area (Å²) in [6, 6.07) is 15.0. The van der Waals surface area contributed by atoms with Gasteiger partial charge in [0.05, 0.1) is 5.39 Å². The highest BCUT2D eigenvalue weighted by atomic mass is 16.2. The molecule has 6 heteroatoms. The van der Waals surface area contributed by atoms with Gasteiger partial charge in [0.15, 0.2) is 5.82 Å². The summed E-state index contributed by atoms with van der Waals surface area (Å²) in [6.07, 6.45) is 0. The Balaban J connectivity index is 1.86. The molecule has 0 radical (unpaired) electrons. The second-order valence-electron chi connectivity index (χ2n) is 7.05. The van der Waals surface area contributed by atoms with Gasteiger partial charge in [-0.05, 0) is 29.7 Å². The van der Waals surface area contributed by atoms with Crippen molar-refractivity contribution in [2.24, 2.45) is 0 Å². The van der Waals surface area contributed by atoms with Crippen LogP contribution in [0.1, 0.15) is 25.3 Å². The zero-order valence-corrected chi connectivity index (χ0v) is 16.1. The number of hydrogen-bond acceptors (Lipinski definition) is 4. The van der Waals surface area contributed by atoms with Crippen LogP contribution in [0.4, 0.5) is 11.5 Å². The van der Waals surface area contributed by atoms with Gasteiger partial charge in [-0.1, -0.05) is 44.2 Å². The third-order valence-electron chi connectivity index (χ3n) is 4.43. The number of carbonyl (C=O) groups excluding carboxylic acids is 1. The molecule has 1 amide bonds. The lowest BCUT2D eigenvalue weighted by Gasteiger charge is -2.16. The number of nitrogens with zero attached hydrogens (tertiary/aromatic N) is 3. The quantitative estimate of drug-likeness (QED) is 0.755. The summed E-state index contributed by atoms with van der Waals surface area (Å²) in [5, 5.41) is 8.53. The Bertz CT molecular complexity index is 1020. The largest absolute Gasteiger partial charge is 0.361 e. The zero-order valence-electron chi connectivity index (χ0n) is 16.1. The number of rotatable bonds is 5. The van der Waals surface area contributed by atoms with Crippen molar-refractivity contribution in [1.29, 1.82) is 0 Å². The standard InChI is InChI=1S/C21H24N4O2/c1-14(2)15-9-11-16(12-10-15)22-19(26)13-25-21(27)18-8-6-5-7-17(18)20(23-25)24(3)4/h5-12,14H,13H2,1-4H3,(H,22,26). The van der Waals surface area contributed by atoms with Gasteiger partial charge >= 0.3 is 0 Å². The number of anilines is 2. The number of carbonyl (C=O) groups is 1. The Morgan fingerprint density at radius 3 is 2.30 bits per heavy atom. The van der Waals surface area contributed by atoms with E-state index >= 15 is 0 Å². The molecule has 0 fully saturated rings. The van der Waals surface area contributed by atoms with Crippen LogP contribution in [-0.4, -0.2) is 29.8 Å². The molecule has 0 saturated carbocycles. The zero-order chi connectivity index (χ0) is 19.6. The molecule has 0 spiro atoms. The molecule has 6 nitrogen and oxygen atoms in total. The van der Waals surface area contributed by atoms with Crippen molar-refractivity contribution in [2.45, 2.75) is 26.3 Å². The Labute approximate surface area is 158 Å². The third kappa shape index (κ3) is 4.00. The second kappa shape index (κ2) is 7.61. The van der Waals surface area contributed by atoms with Crippen LogP contribution in [0.2, 0.25) is 0 Å². The van der Waals surface area contributed by atoms with Crippen molar-refractivity contribution < 1.29 is 4.79 Å². The molecular weight excluding hydrogens is 340 g/mol. The van der Waals surface area contributed by atoms with Gasteiger partial charge in [0.2, 0.25) is 5.91 Å². The highest BCUT2D eigenvalue weighted by Gasteiger charge is 2.14. The molecule has 1 N–H and O–H groups in total. The van der Waals surface area contributed by atoms with Crippen LogP contribution in [0.3, 0.4) is 0 Å². The van der Waals surface area contributed by atoms with Gasteiger partial charge < -0.3 is 10.2 Å². The first-order chi connectivity index (χ1) is 12.9. The lowest BCUT2D eigenvalue weighted by Crippen LogP contribution is -2.31. The number of aromatic nitrogens is 2. The average molecular weight is 364 g/mol. The van der Waals surface area contributed by atoms with Gasteiger partial charge in [0, 0.05) is 25.2 Å². The minimum atomic E-state index is -0.290. The van der Waals surface area contributed by atoms with E-state index in [1.165, 1.54) is 10.2 Å². The van der Waals surface area contributed by atoms with E-state index in [0.29, 0.717) is 22.8 Å². The van der Waals surface area contributed by atoms with Gasteiger partial charge in [0.25, 0.3) is 5.56 Å². The molecule has 0 aliphatic rings. The summed E-state index contributed by atoms with van der Waals surface area (Å²) in [5.74, 6) is 0.792. The highest BCUT2D eigenvalue weighted by Crippen LogP contribution is 2.20. The van der Waals surface area contributed by atoms with E-state index in [4.69, 9.17) is 0 Å². The molecule has 0 aliphatic carbocycles. The number of amides is 1. The summed E-state index contributed by atoms with van der Waals surface area (Å²) in [6.45, 7) is 4.10. The van der Waals surface area contributed by atoms with Gasteiger partial charge in [-0.2, -0.15) is 5.10 Å². The lowest BCUT2D eigenvalue weighted by atomic mass is 10.0. The van der Waals surface area contributed by atoms with E-state index in [0.717, 1.165) is 5.39 Å². The van der Waals surface area contributed by atoms with Crippen LogP contribution >= 0.6 is 0 Å². The summed E-state index contributed by atoms with van der Waals surface area (Å²) in [4.78, 5) is 27.0. The van der Waals surface area contributed by atoms with E-state index in [1.54, 1.807) is 6.07 Å². The Morgan fingerprint density at radius 1 is 1.07 bits per heavy atom. The van der Waals surface area contributed by atoms with Crippen molar-refractivity contribution in [2.75, 3.05) is 24.3 Å². The summed E-state index contributed by atoms with van der Waals surface area (Å²) in [5.41, 5.74) is 1.63. The molecule has 0 aliphatic heterocycles. The Hall–Kier alpha value is -3.15. The Morgan fingerprint density at radius 2 is 1.70 bits per heavy atom. The van der Waals surface area contributed by atoms with Crippen LogP contribution in [0.15, 0.2) is 53.3 Å². The maximum Gasteiger partial charge on any atom is 0.275 e. The first-order valence-electron chi connectivity index (χ1n) is 8.94. The van der Waals surface area contributed by atoms with Crippen molar-refractivity contribution in [3.05, 3.63) is 64.4 Å². The van der Waals surface area contributed by atoms with Crippen LogP contribution in [0.25, 0.3) is 10.8 Å². The highest BCUT2D eigenvalue weighted by molar-refractivity contribution is 5.93. The van der Waals surface area contributed by atoms with E-state index in [-0.39, 0.29) is 18.0 Å². The molecule has 0 atom stereocenters. The SMILES string of the molecule is CC(C)c1ccc(NC(=O)Cn2nc(N(C)C)c3ccccc3c2=O)cc1. The van der Waals surface area contributed by atoms with Crippen molar-refractivity contribution in [3.63, 3.8) is 0 Å². The summed E-state index contributed by atoms with van der Waals surface area (Å²) < 4.78 is 1.22. The Kier molecular flexibility index (Phi) is 5.26. The topological polar surface area (TPSA) is 67.2 Å². The maximum atomic E-state index is 12.7. The van der Waals surface area contributed by atoms with Gasteiger partial charge in [-0.3, -0.25) is 9.59 Å². The van der Waals surface area contributed by atoms with Gasteiger partial charge in [-0.15, -0.1) is 0 Å². The molecular formula is C21H24N4O2. The first kappa shape index (κ1) is 18.6. The van der Waals surface area contributed by atoms with Crippen molar-refractivity contribution >= 4 is 28.2 Å². The fourth-order valence-electron chi connectivity index (χ4n) is 2.94. The molecule has 3 aromatic rings. The summed E-state index contributed by atoms with van der Waals surface area (Å²) >= 11 is 0. The van der Waals surface area contributed by atoms with E-state index in [1.807, 2.05) is 61.5 Å². The first-order valence-corrected chi connectivity index (χ1v) is 8.94. The molecule has 3 rings (SSSR count). The summed E-state index contributed by atoms with van der Waals surface area (Å²) in [7, 11) is 3.72. The molecule has 0 bridgehead atoms. The van der Waals surface area contributed by atoms with Crippen LogP contribution < -0.4 is 15.8 Å². The monoisotopic (exact) mass is 364 g/mol. The average Bonchev–Trinajstić information content (AvgIpc) is 2.64. The van der Waals surface area contributed by atoms with Crippen LogP contribution in [0.5, 0.6) is 0 Å². The van der Waals surface area contributed by atoms with Gasteiger partial charge in [0.1, 0.15) is 6.54 Å². The minimum absolute atomic E-state index is 0.142. The molecule has 0 saturated heterocycles. The molecule has 27 heavy (non-hydrogen) atoms. The third-order valence-corrected chi connectivity index (χ3v) is 4.43. The van der Waals surface area contributed by atoms with E-state index in [9.17, 15) is 9.59 Å². The molecule has 2 aromatic carbocycles. The maximum absolute atomic E-state index is 12.7. The molecule has 1 aromatic heterocycles. The normalized spacial score (nSPS) is 11.0. The van der Waals surface area contributed by atoms with E-state index in [2.05, 4.69) is 24.3 Å². The molecule has 140 valence electrons. The predicted molar refractivity (Wildman–Crippen MR) is 109 cm³/mol. The fraction of sp³-hybridized carbons (Fsp3) is 0.286. The fourth-order valence-corrected chi connectivity index (χ4v) is 2.94. The van der Waals surface area contributed by atoms with Crippen LogP contribution in [0, 0.1) is 0 Å². The molecule has 1 heterocycles. The number of fused-ring (bicyclic) bond motifs is 1. The number of benzene rings is 2. The van der Waals surface area contributed by atoms with E-state index < -0.39 is 0 Å². The van der Waals surface area contributed by atoms with Gasteiger partial charge in [-0.25, -0.2) is 4.68 Å². The van der Waals surface area contributed by atoms with Crippen molar-refractivity contribution in [3.8, 4) is 0 Å². The number of hydrogen-bond donors (Lipinski definition) is 1. The molecule has 0 unspecified atom stereocenters. The van der Waals surface area contributed by atoms with Crippen molar-refractivity contribution in [1.82, 2.24) is 9.78 Å². The minimum Gasteiger partial charge on any atom is -0.361 e. The van der Waals surface area contributed by atoms with Crippen LogP contribution in [-0.2, 0) is 11.3 Å².